The van der Waals surface area contributed by atoms with Crippen molar-refractivity contribution in [1.29, 1.82) is 0 Å². The summed E-state index contributed by atoms with van der Waals surface area (Å²) in [5, 5.41) is 15.1. The molecule has 0 radical (unpaired) electrons. The van der Waals surface area contributed by atoms with Crippen LogP contribution in [0.5, 0.6) is 0 Å². The van der Waals surface area contributed by atoms with Crippen LogP contribution in [-0.2, 0) is 11.3 Å². The molecule has 7 heteroatoms. The Balaban J connectivity index is 1.56. The molecule has 1 aromatic carbocycles. The van der Waals surface area contributed by atoms with E-state index in [0.717, 1.165) is 35.4 Å². The summed E-state index contributed by atoms with van der Waals surface area (Å²) >= 11 is 6.36. The number of aromatic nitrogens is 3. The van der Waals surface area contributed by atoms with Crippen molar-refractivity contribution in [3.05, 3.63) is 52.7 Å². The maximum absolute atomic E-state index is 14.7. The van der Waals surface area contributed by atoms with Crippen LogP contribution in [0.3, 0.4) is 0 Å². The molecule has 0 amide bonds. The first-order valence-corrected chi connectivity index (χ1v) is 10.7. The van der Waals surface area contributed by atoms with Crippen molar-refractivity contribution in [3.8, 4) is 22.4 Å². The van der Waals surface area contributed by atoms with Gasteiger partial charge in [-0.2, -0.15) is 5.10 Å². The molecule has 0 aliphatic heterocycles. The Hall–Kier alpha value is -2.15. The second kappa shape index (κ2) is 7.22. The van der Waals surface area contributed by atoms with Crippen LogP contribution >= 0.6 is 11.6 Å². The number of halogens is 2. The number of ether oxygens (including phenoxy) is 1. The molecule has 2 aliphatic rings. The predicted molar refractivity (Wildman–Crippen MR) is 114 cm³/mol. The van der Waals surface area contributed by atoms with E-state index in [4.69, 9.17) is 16.3 Å². The van der Waals surface area contributed by atoms with Gasteiger partial charge in [0.2, 0.25) is 0 Å². The van der Waals surface area contributed by atoms with E-state index in [9.17, 15) is 9.50 Å². The van der Waals surface area contributed by atoms with Crippen LogP contribution in [0.4, 0.5) is 4.39 Å². The van der Waals surface area contributed by atoms with Crippen molar-refractivity contribution in [2.45, 2.75) is 63.9 Å². The molecule has 2 heterocycles. The molecule has 2 saturated carbocycles. The minimum Gasteiger partial charge on any atom is -0.390 e. The fraction of sp³-hybridized carbons (Fsp3) is 0.435. The molecule has 0 spiro atoms. The summed E-state index contributed by atoms with van der Waals surface area (Å²) < 4.78 is 22.7. The van der Waals surface area contributed by atoms with Gasteiger partial charge >= 0.3 is 0 Å². The summed E-state index contributed by atoms with van der Waals surface area (Å²) in [6.07, 6.45) is 7.42. The van der Waals surface area contributed by atoms with Gasteiger partial charge in [-0.15, -0.1) is 0 Å². The molecule has 0 bridgehead atoms. The number of H-pyrrole nitrogens is 1. The predicted octanol–water partition coefficient (Wildman–Crippen LogP) is 5.41. The Labute approximate surface area is 179 Å². The molecule has 2 fully saturated rings. The molecule has 2 aromatic heterocycles. The van der Waals surface area contributed by atoms with Crippen LogP contribution < -0.4 is 0 Å². The van der Waals surface area contributed by atoms with Crippen molar-refractivity contribution in [2.75, 3.05) is 0 Å². The lowest BCUT2D eigenvalue weighted by atomic mass is 9.77. The lowest BCUT2D eigenvalue weighted by Crippen LogP contribution is -2.42. The number of benzene rings is 1. The summed E-state index contributed by atoms with van der Waals surface area (Å²) in [7, 11) is 0. The zero-order valence-corrected chi connectivity index (χ0v) is 17.8. The normalized spacial score (nSPS) is 23.6. The van der Waals surface area contributed by atoms with Crippen molar-refractivity contribution < 1.29 is 14.2 Å². The van der Waals surface area contributed by atoms with Gasteiger partial charge in [-0.3, -0.25) is 4.68 Å². The van der Waals surface area contributed by atoms with Crippen LogP contribution in [0.1, 0.15) is 49.9 Å². The quantitative estimate of drug-likeness (QED) is 0.550. The topological polar surface area (TPSA) is 63.1 Å². The minimum atomic E-state index is -0.617. The Bertz CT molecular complexity index is 1070. The fourth-order valence-electron chi connectivity index (χ4n) is 4.42. The molecule has 30 heavy (non-hydrogen) atoms. The van der Waals surface area contributed by atoms with E-state index in [1.54, 1.807) is 18.3 Å². The van der Waals surface area contributed by atoms with Crippen molar-refractivity contribution in [2.24, 2.45) is 0 Å². The van der Waals surface area contributed by atoms with Gasteiger partial charge in [0, 0.05) is 34.1 Å². The molecular weight excluding hydrogens is 405 g/mol. The monoisotopic (exact) mass is 429 g/mol. The molecule has 2 N–H and O–H groups in total. The van der Waals surface area contributed by atoms with Gasteiger partial charge in [0.25, 0.3) is 0 Å². The number of aliphatic hydroxyl groups is 1. The first-order chi connectivity index (χ1) is 14.3. The number of nitrogens with one attached hydrogen (secondary N) is 1. The van der Waals surface area contributed by atoms with Gasteiger partial charge in [0.05, 0.1) is 41.3 Å². The smallest absolute Gasteiger partial charge is 0.132 e. The second-order valence-corrected chi connectivity index (χ2v) is 9.22. The largest absolute Gasteiger partial charge is 0.390 e. The van der Waals surface area contributed by atoms with Crippen molar-refractivity contribution in [3.63, 3.8) is 0 Å². The average Bonchev–Trinajstić information content (AvgIpc) is 3.30. The Morgan fingerprint density at radius 1 is 1.33 bits per heavy atom. The lowest BCUT2D eigenvalue weighted by molar-refractivity contribution is -0.0548. The number of hydrogen-bond donors (Lipinski definition) is 2. The highest BCUT2D eigenvalue weighted by molar-refractivity contribution is 6.33. The van der Waals surface area contributed by atoms with Gasteiger partial charge in [0.1, 0.15) is 5.82 Å². The molecule has 2 aliphatic carbocycles. The number of aromatic amines is 1. The van der Waals surface area contributed by atoms with Gasteiger partial charge in [-0.05, 0) is 51.7 Å². The minimum absolute atomic E-state index is 0.190. The van der Waals surface area contributed by atoms with E-state index in [2.05, 4.69) is 10.1 Å². The Morgan fingerprint density at radius 2 is 2.10 bits per heavy atom. The van der Waals surface area contributed by atoms with Crippen LogP contribution in [0.25, 0.3) is 22.4 Å². The van der Waals surface area contributed by atoms with Gasteiger partial charge in [-0.25, -0.2) is 4.39 Å². The number of rotatable bonds is 6. The molecule has 0 atom stereocenters. The summed E-state index contributed by atoms with van der Waals surface area (Å²) in [6.45, 7) is 4.26. The van der Waals surface area contributed by atoms with E-state index in [0.29, 0.717) is 35.6 Å². The zero-order chi connectivity index (χ0) is 21.0. The molecule has 0 unspecified atom stereocenters. The Morgan fingerprint density at radius 3 is 2.77 bits per heavy atom. The van der Waals surface area contributed by atoms with Gasteiger partial charge in [-0.1, -0.05) is 17.7 Å². The first-order valence-electron chi connectivity index (χ1n) is 10.4. The zero-order valence-electron chi connectivity index (χ0n) is 17.1. The molecule has 0 saturated heterocycles. The first kappa shape index (κ1) is 19.8. The van der Waals surface area contributed by atoms with Crippen LogP contribution in [0.2, 0.25) is 5.02 Å². The highest BCUT2D eigenvalue weighted by Crippen LogP contribution is 2.43. The summed E-state index contributed by atoms with van der Waals surface area (Å²) in [5.74, 6) is -0.357. The number of nitrogens with zero attached hydrogens (tertiary/aromatic N) is 2. The van der Waals surface area contributed by atoms with E-state index in [1.807, 2.05) is 24.7 Å². The third-order valence-electron chi connectivity index (χ3n) is 6.22. The van der Waals surface area contributed by atoms with E-state index in [1.165, 1.54) is 6.07 Å². The third kappa shape index (κ3) is 3.47. The lowest BCUT2D eigenvalue weighted by Gasteiger charge is -2.41. The van der Waals surface area contributed by atoms with Crippen molar-refractivity contribution >= 4 is 11.6 Å². The summed E-state index contributed by atoms with van der Waals surface area (Å²) in [6, 6.07) is 4.92. The van der Waals surface area contributed by atoms with Crippen LogP contribution in [-0.4, -0.2) is 31.6 Å². The molecular formula is C23H25ClFN3O2. The van der Waals surface area contributed by atoms with Gasteiger partial charge in [0.15, 0.2) is 0 Å². The van der Waals surface area contributed by atoms with E-state index < -0.39 is 5.60 Å². The maximum atomic E-state index is 14.7. The van der Waals surface area contributed by atoms with Gasteiger partial charge < -0.3 is 14.8 Å². The highest BCUT2D eigenvalue weighted by atomic mass is 35.5. The standard InChI is InChI=1S/C23H25ClFN3O2/c1-13-16(11-27-28(13)14-8-23(2,29)9-14)22-18(12-30-15-6-7-15)17(10-26-22)21-19(24)4-3-5-20(21)25/h3-5,10-11,14-15,26,29H,6-9,12H2,1-2H3. The SMILES string of the molecule is Cc1c(-c2[nH]cc(-c3c(F)cccc3Cl)c2COC2CC2)cnn1C1CC(C)(O)C1. The third-order valence-corrected chi connectivity index (χ3v) is 6.53. The summed E-state index contributed by atoms with van der Waals surface area (Å²) in [5.41, 5.74) is 4.21. The second-order valence-electron chi connectivity index (χ2n) is 8.81. The Kier molecular flexibility index (Phi) is 4.76. The number of hydrogen-bond acceptors (Lipinski definition) is 3. The van der Waals surface area contributed by atoms with Crippen LogP contribution in [0.15, 0.2) is 30.6 Å². The maximum Gasteiger partial charge on any atom is 0.132 e. The molecule has 5 rings (SSSR count). The average molecular weight is 430 g/mol. The van der Waals surface area contributed by atoms with E-state index >= 15 is 0 Å². The van der Waals surface area contributed by atoms with Crippen LogP contribution in [0, 0.1) is 12.7 Å². The van der Waals surface area contributed by atoms with Crippen molar-refractivity contribution in [1.82, 2.24) is 14.8 Å². The summed E-state index contributed by atoms with van der Waals surface area (Å²) in [4.78, 5) is 3.33. The molecule has 3 aromatic rings. The fourth-order valence-corrected chi connectivity index (χ4v) is 4.69. The molecule has 5 nitrogen and oxygen atoms in total. The van der Waals surface area contributed by atoms with E-state index in [-0.39, 0.29) is 18.0 Å². The molecule has 158 valence electrons. The highest BCUT2D eigenvalue weighted by Gasteiger charge is 2.40.